The molecule has 188 valence electrons. The molecule has 5 rings (SSSR count). The average molecular weight is 495 g/mol. The molecule has 0 bridgehead atoms. The van der Waals surface area contributed by atoms with Crippen LogP contribution in [0.15, 0.2) is 58.6 Å². The minimum absolute atomic E-state index is 0.323. The normalized spacial score (nSPS) is 17.4. The van der Waals surface area contributed by atoms with Crippen LogP contribution in [0.2, 0.25) is 0 Å². The Kier molecular flexibility index (Phi) is 7.19. The second-order valence-electron chi connectivity index (χ2n) is 9.56. The predicted molar refractivity (Wildman–Crippen MR) is 143 cm³/mol. The quantitative estimate of drug-likeness (QED) is 0.290. The molecule has 9 heteroatoms. The fourth-order valence-electron chi connectivity index (χ4n) is 4.95. The van der Waals surface area contributed by atoms with Gasteiger partial charge in [0.2, 0.25) is 5.95 Å². The Balaban J connectivity index is 1.42. The van der Waals surface area contributed by atoms with Crippen LogP contribution in [0.4, 0.5) is 5.95 Å². The maximum absolute atomic E-state index is 10.9. The van der Waals surface area contributed by atoms with E-state index in [-0.39, 0.29) is 0 Å². The average Bonchev–Trinajstić information content (AvgIpc) is 3.64. The van der Waals surface area contributed by atoms with Gasteiger partial charge >= 0.3 is 0 Å². The lowest BCUT2D eigenvalue weighted by Gasteiger charge is -2.21. The third-order valence-electron chi connectivity index (χ3n) is 6.97. The van der Waals surface area contributed by atoms with E-state index in [0.29, 0.717) is 40.9 Å². The van der Waals surface area contributed by atoms with Gasteiger partial charge in [-0.25, -0.2) is 9.97 Å². The molecular weight excluding hydrogens is 464 g/mol. The Bertz CT molecular complexity index is 1360. The standard InChI is InChI=1S/C28H30N8O/c29-17-20-7-5-8-21(15-20)23-16-24(34-27(33-23)36-13-3-4-14-36)25(35-30)19-31-18-22-9-6-10-26(32-22)28(37)11-1-2-12-28/h5-10,15-16,19,37H,1-4,11-14,18,30H2. The van der Waals surface area contributed by atoms with Gasteiger partial charge in [0.15, 0.2) is 0 Å². The van der Waals surface area contributed by atoms with Crippen LogP contribution in [0.3, 0.4) is 0 Å². The first kappa shape index (κ1) is 24.5. The summed E-state index contributed by atoms with van der Waals surface area (Å²) in [5.41, 5.74) is 3.69. The van der Waals surface area contributed by atoms with Gasteiger partial charge in [-0.15, -0.1) is 0 Å². The molecule has 0 spiro atoms. The number of hydrogen-bond donors (Lipinski definition) is 2. The van der Waals surface area contributed by atoms with Crippen molar-refractivity contribution in [2.24, 2.45) is 15.9 Å². The van der Waals surface area contributed by atoms with Gasteiger partial charge in [0.1, 0.15) is 11.3 Å². The van der Waals surface area contributed by atoms with E-state index in [0.717, 1.165) is 62.9 Å². The van der Waals surface area contributed by atoms with Crippen molar-refractivity contribution < 1.29 is 5.11 Å². The molecule has 0 amide bonds. The summed E-state index contributed by atoms with van der Waals surface area (Å²) in [5.74, 6) is 6.39. The van der Waals surface area contributed by atoms with E-state index in [2.05, 4.69) is 26.0 Å². The van der Waals surface area contributed by atoms with Crippen molar-refractivity contribution in [3.63, 3.8) is 0 Å². The van der Waals surface area contributed by atoms with Crippen LogP contribution in [0.25, 0.3) is 11.3 Å². The molecule has 2 aromatic heterocycles. The van der Waals surface area contributed by atoms with Gasteiger partial charge in [-0.3, -0.25) is 9.98 Å². The summed E-state index contributed by atoms with van der Waals surface area (Å²) in [6, 6.07) is 17.0. The molecule has 0 radical (unpaired) electrons. The summed E-state index contributed by atoms with van der Waals surface area (Å²) in [7, 11) is 0. The van der Waals surface area contributed by atoms with Crippen LogP contribution in [0.1, 0.15) is 61.2 Å². The fraction of sp³-hybridized carbons (Fsp3) is 0.357. The van der Waals surface area contributed by atoms with Gasteiger partial charge in [0.25, 0.3) is 0 Å². The molecule has 1 aliphatic carbocycles. The number of anilines is 1. The van der Waals surface area contributed by atoms with Gasteiger partial charge in [-0.1, -0.05) is 31.0 Å². The molecule has 3 aromatic rings. The summed E-state index contributed by atoms with van der Waals surface area (Å²) < 4.78 is 0. The van der Waals surface area contributed by atoms with Crippen LogP contribution in [-0.2, 0) is 12.1 Å². The molecule has 1 aliphatic heterocycles. The summed E-state index contributed by atoms with van der Waals surface area (Å²) in [6.45, 7) is 2.10. The minimum Gasteiger partial charge on any atom is -0.384 e. The molecule has 1 aromatic carbocycles. The van der Waals surface area contributed by atoms with Crippen molar-refractivity contribution >= 4 is 17.9 Å². The SMILES string of the molecule is N#Cc1cccc(-c2cc(C(C=NCc3cccc(C4(O)CCCC4)n3)=NN)nc(N3CCCC3)n2)c1. The van der Waals surface area contributed by atoms with Crippen LogP contribution in [0, 0.1) is 11.3 Å². The molecule has 0 unspecified atom stereocenters. The van der Waals surface area contributed by atoms with Crippen molar-refractivity contribution in [1.82, 2.24) is 15.0 Å². The minimum atomic E-state index is -0.838. The molecule has 37 heavy (non-hydrogen) atoms. The van der Waals surface area contributed by atoms with Crippen LogP contribution in [-0.4, -0.2) is 45.1 Å². The molecule has 2 aliphatic rings. The third kappa shape index (κ3) is 5.49. The zero-order chi connectivity index (χ0) is 25.7. The molecule has 3 N–H and O–H groups in total. The fourth-order valence-corrected chi connectivity index (χ4v) is 4.95. The predicted octanol–water partition coefficient (Wildman–Crippen LogP) is 3.71. The van der Waals surface area contributed by atoms with E-state index in [1.165, 1.54) is 0 Å². The summed E-state index contributed by atoms with van der Waals surface area (Å²) in [4.78, 5) is 20.9. The number of rotatable bonds is 7. The second-order valence-corrected chi connectivity index (χ2v) is 9.56. The highest BCUT2D eigenvalue weighted by Crippen LogP contribution is 2.37. The van der Waals surface area contributed by atoms with Crippen molar-refractivity contribution in [2.45, 2.75) is 50.7 Å². The van der Waals surface area contributed by atoms with E-state index < -0.39 is 5.60 Å². The smallest absolute Gasteiger partial charge is 0.226 e. The lowest BCUT2D eigenvalue weighted by molar-refractivity contribution is 0.0398. The highest BCUT2D eigenvalue weighted by atomic mass is 16.3. The number of nitriles is 1. The molecular formula is C28H30N8O. The van der Waals surface area contributed by atoms with Gasteiger partial charge in [-0.05, 0) is 56.0 Å². The Morgan fingerprint density at radius 1 is 1.05 bits per heavy atom. The van der Waals surface area contributed by atoms with E-state index in [9.17, 15) is 10.4 Å². The number of nitrogens with zero attached hydrogens (tertiary/aromatic N) is 7. The molecule has 1 saturated heterocycles. The highest BCUT2D eigenvalue weighted by Gasteiger charge is 2.34. The number of nitrogens with two attached hydrogens (primary N) is 1. The Morgan fingerprint density at radius 2 is 1.84 bits per heavy atom. The monoisotopic (exact) mass is 494 g/mol. The third-order valence-corrected chi connectivity index (χ3v) is 6.97. The number of benzene rings is 1. The van der Waals surface area contributed by atoms with Crippen molar-refractivity contribution in [2.75, 3.05) is 18.0 Å². The lowest BCUT2D eigenvalue weighted by atomic mass is 9.97. The van der Waals surface area contributed by atoms with E-state index in [1.54, 1.807) is 12.3 Å². The highest BCUT2D eigenvalue weighted by molar-refractivity contribution is 6.37. The van der Waals surface area contributed by atoms with Gasteiger partial charge < -0.3 is 15.8 Å². The Hall–Kier alpha value is -4.16. The van der Waals surface area contributed by atoms with Crippen molar-refractivity contribution in [3.05, 3.63) is 71.2 Å². The summed E-state index contributed by atoms with van der Waals surface area (Å²) in [6.07, 6.45) is 7.29. The van der Waals surface area contributed by atoms with Crippen molar-refractivity contribution in [3.8, 4) is 17.3 Å². The van der Waals surface area contributed by atoms with Gasteiger partial charge in [0, 0.05) is 18.7 Å². The number of hydrazone groups is 1. The first-order valence-electron chi connectivity index (χ1n) is 12.7. The zero-order valence-corrected chi connectivity index (χ0v) is 20.7. The number of pyridine rings is 1. The summed E-state index contributed by atoms with van der Waals surface area (Å²) >= 11 is 0. The molecule has 9 nitrogen and oxygen atoms in total. The lowest BCUT2D eigenvalue weighted by Crippen LogP contribution is -2.23. The maximum Gasteiger partial charge on any atom is 0.226 e. The van der Waals surface area contributed by atoms with Crippen LogP contribution < -0.4 is 10.7 Å². The van der Waals surface area contributed by atoms with E-state index >= 15 is 0 Å². The Labute approximate surface area is 216 Å². The van der Waals surface area contributed by atoms with Gasteiger partial charge in [0.05, 0.1) is 47.2 Å². The molecule has 0 atom stereocenters. The van der Waals surface area contributed by atoms with Crippen LogP contribution >= 0.6 is 0 Å². The first-order chi connectivity index (χ1) is 18.1. The molecule has 1 saturated carbocycles. The number of hydrogen-bond acceptors (Lipinski definition) is 9. The number of aromatic nitrogens is 3. The van der Waals surface area contributed by atoms with Crippen molar-refractivity contribution in [1.29, 1.82) is 5.26 Å². The van der Waals surface area contributed by atoms with Crippen LogP contribution in [0.5, 0.6) is 0 Å². The zero-order valence-electron chi connectivity index (χ0n) is 20.7. The second kappa shape index (κ2) is 10.8. The Morgan fingerprint density at radius 3 is 2.59 bits per heavy atom. The topological polar surface area (TPSA) is 137 Å². The molecule has 2 fully saturated rings. The largest absolute Gasteiger partial charge is 0.384 e. The first-order valence-corrected chi connectivity index (χ1v) is 12.7. The number of aliphatic imine (C=N–C) groups is 1. The maximum atomic E-state index is 10.9. The summed E-state index contributed by atoms with van der Waals surface area (Å²) in [5, 5.41) is 24.2. The molecule has 3 heterocycles. The van der Waals surface area contributed by atoms with Gasteiger partial charge in [-0.2, -0.15) is 10.4 Å². The van der Waals surface area contributed by atoms with E-state index in [4.69, 9.17) is 15.8 Å². The van der Waals surface area contributed by atoms with E-state index in [1.807, 2.05) is 42.5 Å². The number of aliphatic hydroxyl groups is 1.